The van der Waals surface area contributed by atoms with Crippen LogP contribution in [0.1, 0.15) is 28.9 Å². The molecule has 172 valence electrons. The molecule has 1 amide bonds. The van der Waals surface area contributed by atoms with Crippen LogP contribution in [0, 0.1) is 13.8 Å². The molecule has 6 heteroatoms. The molecule has 0 aliphatic carbocycles. The number of aryl methyl sites for hydroxylation is 2. The molecule has 0 aliphatic rings. The second-order valence-corrected chi connectivity index (χ2v) is 9.28. The Balaban J connectivity index is 1.26. The minimum absolute atomic E-state index is 0.0171. The van der Waals surface area contributed by atoms with Gasteiger partial charge in [0.2, 0.25) is 5.91 Å². The maximum Gasteiger partial charge on any atom is 0.226 e. The topological polar surface area (TPSA) is 66.9 Å². The quantitative estimate of drug-likeness (QED) is 0.283. The number of benzene rings is 3. The minimum Gasteiger partial charge on any atom is -0.385 e. The van der Waals surface area contributed by atoms with Gasteiger partial charge in [-0.1, -0.05) is 59.3 Å². The Bertz CT molecular complexity index is 1220. The molecule has 0 saturated carbocycles. The monoisotopic (exact) mass is 468 g/mol. The van der Waals surface area contributed by atoms with Crippen molar-refractivity contribution in [3.05, 3.63) is 108 Å². The average molecular weight is 469 g/mol. The lowest BCUT2D eigenvalue weighted by Gasteiger charge is -2.09. The number of nitrogens with one attached hydrogen (secondary N) is 2. The maximum atomic E-state index is 12.3. The third-order valence-corrected chi connectivity index (χ3v) is 6.20. The van der Waals surface area contributed by atoms with Crippen molar-refractivity contribution in [2.45, 2.75) is 36.6 Å². The Morgan fingerprint density at radius 3 is 2.18 bits per heavy atom. The molecule has 0 atom stereocenters. The summed E-state index contributed by atoms with van der Waals surface area (Å²) in [4.78, 5) is 22.4. The van der Waals surface area contributed by atoms with Gasteiger partial charge in [-0.25, -0.2) is 9.97 Å². The zero-order valence-corrected chi connectivity index (χ0v) is 20.2. The number of aromatic nitrogens is 2. The van der Waals surface area contributed by atoms with Gasteiger partial charge in [-0.2, -0.15) is 0 Å². The van der Waals surface area contributed by atoms with Crippen LogP contribution in [-0.2, 0) is 11.2 Å². The summed E-state index contributed by atoms with van der Waals surface area (Å²) < 4.78 is 0. The Morgan fingerprint density at radius 2 is 1.47 bits per heavy atom. The molecule has 0 unspecified atom stereocenters. The van der Waals surface area contributed by atoms with E-state index in [4.69, 9.17) is 4.98 Å². The van der Waals surface area contributed by atoms with Gasteiger partial charge in [-0.05, 0) is 61.9 Å². The first kappa shape index (κ1) is 23.5. The first-order valence-electron chi connectivity index (χ1n) is 11.3. The molecule has 4 aromatic rings. The molecular formula is C28H28N4OS. The number of hydrogen-bond donors (Lipinski definition) is 2. The van der Waals surface area contributed by atoms with Crippen LogP contribution < -0.4 is 10.6 Å². The van der Waals surface area contributed by atoms with Gasteiger partial charge in [-0.15, -0.1) is 0 Å². The second kappa shape index (κ2) is 11.5. The maximum absolute atomic E-state index is 12.3. The number of rotatable bonds is 9. The zero-order valence-electron chi connectivity index (χ0n) is 19.4. The average Bonchev–Trinajstić information content (AvgIpc) is 2.83. The largest absolute Gasteiger partial charge is 0.385 e. The van der Waals surface area contributed by atoms with Crippen LogP contribution in [0.15, 0.2) is 95.0 Å². The molecule has 0 bridgehead atoms. The first-order chi connectivity index (χ1) is 16.5. The fraction of sp³-hybridized carbons (Fsp3) is 0.179. The normalized spacial score (nSPS) is 10.6. The highest BCUT2D eigenvalue weighted by molar-refractivity contribution is 7.99. The summed E-state index contributed by atoms with van der Waals surface area (Å²) in [6.45, 7) is 4.72. The smallest absolute Gasteiger partial charge is 0.226 e. The molecule has 3 aromatic carbocycles. The molecular weight excluding hydrogens is 440 g/mol. The standard InChI is InChI=1S/C28H28N4OS/c1-20-3-7-22(8-4-20)19-26-30-18-16-28(32-26)34-25-13-11-24(12-14-25)31-27(33)15-17-29-23-9-5-21(2)6-10-23/h3-14,16,18,29H,15,17,19H2,1-2H3,(H,31,33). The number of carbonyl (C=O) groups is 1. The van der Waals surface area contributed by atoms with Gasteiger partial charge >= 0.3 is 0 Å². The molecule has 2 N–H and O–H groups in total. The fourth-order valence-corrected chi connectivity index (χ4v) is 4.15. The van der Waals surface area contributed by atoms with Gasteiger partial charge in [0, 0.05) is 41.9 Å². The van der Waals surface area contributed by atoms with E-state index >= 15 is 0 Å². The highest BCUT2D eigenvalue weighted by atomic mass is 32.2. The summed E-state index contributed by atoms with van der Waals surface area (Å²) >= 11 is 1.58. The number of carbonyl (C=O) groups excluding carboxylic acids is 1. The Kier molecular flexibility index (Phi) is 7.94. The second-order valence-electron chi connectivity index (χ2n) is 8.19. The van der Waals surface area contributed by atoms with Crippen LogP contribution in [0.4, 0.5) is 11.4 Å². The summed E-state index contributed by atoms with van der Waals surface area (Å²) in [5, 5.41) is 7.12. The van der Waals surface area contributed by atoms with E-state index in [0.29, 0.717) is 19.4 Å². The van der Waals surface area contributed by atoms with E-state index in [9.17, 15) is 4.79 Å². The molecule has 0 radical (unpaired) electrons. The molecule has 0 aliphatic heterocycles. The van der Waals surface area contributed by atoms with Crippen LogP contribution >= 0.6 is 11.8 Å². The van der Waals surface area contributed by atoms with E-state index in [1.807, 2.05) is 54.6 Å². The van der Waals surface area contributed by atoms with Crippen LogP contribution in [0.25, 0.3) is 0 Å². The van der Waals surface area contributed by atoms with Crippen molar-refractivity contribution in [3.8, 4) is 0 Å². The highest BCUT2D eigenvalue weighted by Crippen LogP contribution is 2.27. The first-order valence-corrected chi connectivity index (χ1v) is 12.1. The highest BCUT2D eigenvalue weighted by Gasteiger charge is 2.06. The lowest BCUT2D eigenvalue weighted by Crippen LogP contribution is -2.16. The van der Waals surface area contributed by atoms with E-state index in [2.05, 4.69) is 53.7 Å². The van der Waals surface area contributed by atoms with Gasteiger partial charge in [0.15, 0.2) is 0 Å². The molecule has 1 heterocycles. The molecule has 0 fully saturated rings. The van der Waals surface area contributed by atoms with E-state index in [1.54, 1.807) is 18.0 Å². The molecule has 34 heavy (non-hydrogen) atoms. The van der Waals surface area contributed by atoms with Crippen molar-refractivity contribution in [3.63, 3.8) is 0 Å². The van der Waals surface area contributed by atoms with E-state index in [-0.39, 0.29) is 5.91 Å². The minimum atomic E-state index is -0.0171. The number of hydrogen-bond acceptors (Lipinski definition) is 5. The summed E-state index contributed by atoms with van der Waals surface area (Å²) in [6.07, 6.45) is 2.91. The van der Waals surface area contributed by atoms with Crippen molar-refractivity contribution < 1.29 is 4.79 Å². The van der Waals surface area contributed by atoms with Crippen molar-refractivity contribution >= 4 is 29.0 Å². The molecule has 0 spiro atoms. The number of anilines is 2. The molecule has 4 rings (SSSR count). The van der Waals surface area contributed by atoms with E-state index < -0.39 is 0 Å². The lowest BCUT2D eigenvalue weighted by molar-refractivity contribution is -0.115. The predicted molar refractivity (Wildman–Crippen MR) is 139 cm³/mol. The summed E-state index contributed by atoms with van der Waals surface area (Å²) in [5.74, 6) is 0.786. The molecule has 1 aromatic heterocycles. The third kappa shape index (κ3) is 7.18. The number of amides is 1. The molecule has 5 nitrogen and oxygen atoms in total. The summed E-state index contributed by atoms with van der Waals surface area (Å²) in [6, 6.07) is 26.3. The van der Waals surface area contributed by atoms with Crippen LogP contribution in [0.5, 0.6) is 0 Å². The van der Waals surface area contributed by atoms with Crippen LogP contribution in [-0.4, -0.2) is 22.4 Å². The molecule has 0 saturated heterocycles. The lowest BCUT2D eigenvalue weighted by atomic mass is 10.1. The van der Waals surface area contributed by atoms with Crippen LogP contribution in [0.2, 0.25) is 0 Å². The predicted octanol–water partition coefficient (Wildman–Crippen LogP) is 6.28. The zero-order chi connectivity index (χ0) is 23.8. The van der Waals surface area contributed by atoms with Crippen molar-refractivity contribution in [2.75, 3.05) is 17.2 Å². The van der Waals surface area contributed by atoms with Gasteiger partial charge in [0.05, 0.1) is 0 Å². The fourth-order valence-electron chi connectivity index (χ4n) is 3.35. The van der Waals surface area contributed by atoms with E-state index in [1.165, 1.54) is 16.7 Å². The van der Waals surface area contributed by atoms with Gasteiger partial charge in [0.25, 0.3) is 0 Å². The SMILES string of the molecule is Cc1ccc(Cc2nccc(Sc3ccc(NC(=O)CCNc4ccc(C)cc4)cc3)n2)cc1. The summed E-state index contributed by atoms with van der Waals surface area (Å²) in [5.41, 5.74) is 5.46. The van der Waals surface area contributed by atoms with Gasteiger partial charge < -0.3 is 10.6 Å². The number of nitrogens with zero attached hydrogens (tertiary/aromatic N) is 2. The Hall–Kier alpha value is -3.64. The Labute approximate surface area is 205 Å². The van der Waals surface area contributed by atoms with Gasteiger partial charge in [0.1, 0.15) is 10.9 Å². The van der Waals surface area contributed by atoms with Crippen LogP contribution in [0.3, 0.4) is 0 Å². The summed E-state index contributed by atoms with van der Waals surface area (Å²) in [7, 11) is 0. The van der Waals surface area contributed by atoms with Crippen molar-refractivity contribution in [1.82, 2.24) is 9.97 Å². The Morgan fingerprint density at radius 1 is 0.824 bits per heavy atom. The van der Waals surface area contributed by atoms with E-state index in [0.717, 1.165) is 27.1 Å². The van der Waals surface area contributed by atoms with Gasteiger partial charge in [-0.3, -0.25) is 4.79 Å². The van der Waals surface area contributed by atoms with Crippen molar-refractivity contribution in [2.24, 2.45) is 0 Å². The third-order valence-electron chi connectivity index (χ3n) is 5.26. The van der Waals surface area contributed by atoms with Crippen molar-refractivity contribution in [1.29, 1.82) is 0 Å².